The van der Waals surface area contributed by atoms with Gasteiger partial charge in [-0.05, 0) is 64.0 Å². The van der Waals surface area contributed by atoms with E-state index in [0.29, 0.717) is 6.54 Å². The number of benzene rings is 4. The van der Waals surface area contributed by atoms with Crippen LogP contribution in [0.5, 0.6) is 0 Å². The van der Waals surface area contributed by atoms with Gasteiger partial charge < -0.3 is 0 Å². The van der Waals surface area contributed by atoms with Crippen molar-refractivity contribution < 1.29 is 0 Å². The summed E-state index contributed by atoms with van der Waals surface area (Å²) in [4.78, 5) is 8.82. The molecular weight excluding hydrogens is 436 g/mol. The first kappa shape index (κ1) is 24.6. The van der Waals surface area contributed by atoms with E-state index in [-0.39, 0.29) is 0 Å². The number of hydrogen-bond donors (Lipinski definition) is 0. The Morgan fingerprint density at radius 3 is 2.19 bits per heavy atom. The summed E-state index contributed by atoms with van der Waals surface area (Å²) in [6.07, 6.45) is 7.75. The maximum Gasteiger partial charge on any atom is 0.0709 e. The molecule has 0 aliphatic carbocycles. The summed E-state index contributed by atoms with van der Waals surface area (Å²) in [5, 5.41) is 2.36. The van der Waals surface area contributed by atoms with Crippen LogP contribution in [0.1, 0.15) is 23.6 Å². The molecular formula is C34H30N2. The minimum Gasteiger partial charge on any atom is -0.288 e. The van der Waals surface area contributed by atoms with Crippen LogP contribution in [0.15, 0.2) is 132 Å². The van der Waals surface area contributed by atoms with Gasteiger partial charge in [0.25, 0.3) is 0 Å². The van der Waals surface area contributed by atoms with E-state index >= 15 is 0 Å². The van der Waals surface area contributed by atoms with Gasteiger partial charge in [-0.3, -0.25) is 9.98 Å². The maximum absolute atomic E-state index is 4.60. The van der Waals surface area contributed by atoms with Crippen molar-refractivity contribution in [1.29, 1.82) is 0 Å². The van der Waals surface area contributed by atoms with E-state index in [0.717, 1.165) is 28.0 Å². The molecule has 0 fully saturated rings. The maximum atomic E-state index is 4.60. The van der Waals surface area contributed by atoms with Gasteiger partial charge >= 0.3 is 0 Å². The Labute approximate surface area is 213 Å². The van der Waals surface area contributed by atoms with Crippen molar-refractivity contribution in [1.82, 2.24) is 0 Å². The average Bonchev–Trinajstić information content (AvgIpc) is 2.95. The van der Waals surface area contributed by atoms with Gasteiger partial charge in [-0.2, -0.15) is 0 Å². The van der Waals surface area contributed by atoms with Crippen molar-refractivity contribution in [3.8, 4) is 11.1 Å². The fraction of sp³-hybridized carbons (Fsp3) is 0.0588. The van der Waals surface area contributed by atoms with Gasteiger partial charge in [-0.15, -0.1) is 0 Å². The first-order chi connectivity index (χ1) is 17.7. The second-order valence-corrected chi connectivity index (χ2v) is 8.34. The fourth-order valence-electron chi connectivity index (χ4n) is 4.20. The predicted octanol–water partition coefficient (Wildman–Crippen LogP) is 6.85. The minimum atomic E-state index is 0.603. The average molecular weight is 467 g/mol. The Morgan fingerprint density at radius 1 is 0.778 bits per heavy atom. The van der Waals surface area contributed by atoms with Crippen molar-refractivity contribution >= 4 is 30.3 Å². The third kappa shape index (κ3) is 5.92. The summed E-state index contributed by atoms with van der Waals surface area (Å²) in [7, 11) is 0. The zero-order valence-corrected chi connectivity index (χ0v) is 20.6. The van der Waals surface area contributed by atoms with Gasteiger partial charge in [-0.25, -0.2) is 0 Å². The van der Waals surface area contributed by atoms with Crippen molar-refractivity contribution in [2.75, 3.05) is 0 Å². The van der Waals surface area contributed by atoms with E-state index in [4.69, 9.17) is 0 Å². The fourth-order valence-corrected chi connectivity index (χ4v) is 4.20. The third-order valence-electron chi connectivity index (χ3n) is 6.07. The summed E-state index contributed by atoms with van der Waals surface area (Å²) < 4.78 is 0. The van der Waals surface area contributed by atoms with Crippen molar-refractivity contribution in [2.45, 2.75) is 13.5 Å². The lowest BCUT2D eigenvalue weighted by atomic mass is 9.99. The molecule has 36 heavy (non-hydrogen) atoms. The molecule has 2 heteroatoms. The molecule has 0 N–H and O–H groups in total. The number of nitrogens with zero attached hydrogens (tertiary/aromatic N) is 2. The molecule has 2 nitrogen and oxygen atoms in total. The van der Waals surface area contributed by atoms with Crippen LogP contribution < -0.4 is 10.4 Å². The van der Waals surface area contributed by atoms with E-state index in [9.17, 15) is 0 Å². The highest BCUT2D eigenvalue weighted by Crippen LogP contribution is 2.21. The largest absolute Gasteiger partial charge is 0.288 e. The summed E-state index contributed by atoms with van der Waals surface area (Å²) in [6.45, 7) is 10.5. The minimum absolute atomic E-state index is 0.603. The molecule has 0 atom stereocenters. The van der Waals surface area contributed by atoms with Crippen LogP contribution in [0.4, 0.5) is 0 Å². The molecule has 0 saturated carbocycles. The Kier molecular flexibility index (Phi) is 8.35. The van der Waals surface area contributed by atoms with Gasteiger partial charge in [0, 0.05) is 11.8 Å². The van der Waals surface area contributed by atoms with Crippen LogP contribution in [-0.4, -0.2) is 12.9 Å². The Morgan fingerprint density at radius 2 is 1.47 bits per heavy atom. The molecule has 0 aromatic heterocycles. The molecule has 0 amide bonds. The molecule has 176 valence electrons. The van der Waals surface area contributed by atoms with E-state index in [2.05, 4.69) is 133 Å². The highest BCUT2D eigenvalue weighted by molar-refractivity contribution is 5.85. The zero-order chi connectivity index (χ0) is 25.2. The summed E-state index contributed by atoms with van der Waals surface area (Å²) in [5.74, 6) is 0. The molecule has 4 aromatic carbocycles. The van der Waals surface area contributed by atoms with Crippen molar-refractivity contribution in [3.05, 3.63) is 149 Å². The highest BCUT2D eigenvalue weighted by Gasteiger charge is 2.03. The molecule has 0 heterocycles. The smallest absolute Gasteiger partial charge is 0.0709 e. The van der Waals surface area contributed by atoms with E-state index < -0.39 is 0 Å². The topological polar surface area (TPSA) is 24.7 Å². The molecule has 0 unspecified atom stereocenters. The van der Waals surface area contributed by atoms with Crippen molar-refractivity contribution in [3.63, 3.8) is 0 Å². The first-order valence-corrected chi connectivity index (χ1v) is 12.0. The first-order valence-electron chi connectivity index (χ1n) is 12.0. The van der Waals surface area contributed by atoms with E-state index in [1.165, 1.54) is 21.6 Å². The van der Waals surface area contributed by atoms with E-state index in [1.807, 2.05) is 24.4 Å². The normalized spacial score (nSPS) is 13.0. The second kappa shape index (κ2) is 12.2. The van der Waals surface area contributed by atoms with Crippen LogP contribution >= 0.6 is 0 Å². The third-order valence-corrected chi connectivity index (χ3v) is 6.07. The molecule has 4 rings (SSSR count). The summed E-state index contributed by atoms with van der Waals surface area (Å²) in [5.41, 5.74) is 7.55. The Bertz CT molecular complexity index is 1520. The van der Waals surface area contributed by atoms with Crippen LogP contribution in [0.2, 0.25) is 0 Å². The van der Waals surface area contributed by atoms with Crippen LogP contribution in [-0.2, 0) is 6.54 Å². The second-order valence-electron chi connectivity index (χ2n) is 8.34. The molecule has 4 aromatic rings. The van der Waals surface area contributed by atoms with E-state index in [1.54, 1.807) is 0 Å². The quantitative estimate of drug-likeness (QED) is 0.254. The van der Waals surface area contributed by atoms with Crippen molar-refractivity contribution in [2.24, 2.45) is 9.98 Å². The molecule has 0 spiro atoms. The SMILES string of the molecule is C=C/C(c1ccc(/C(=C/C=N\Cc2cccc(-c3ccccc3)c2)N=C)cc1)=c1/cccc/c1=C/C. The van der Waals surface area contributed by atoms with Gasteiger partial charge in [0.15, 0.2) is 0 Å². The highest BCUT2D eigenvalue weighted by atomic mass is 14.7. The lowest BCUT2D eigenvalue weighted by Gasteiger charge is -2.06. The van der Waals surface area contributed by atoms with Gasteiger partial charge in [0.1, 0.15) is 0 Å². The molecule has 0 radical (unpaired) electrons. The molecule has 0 bridgehead atoms. The summed E-state index contributed by atoms with van der Waals surface area (Å²) >= 11 is 0. The Hall–Kier alpha value is -4.56. The lowest BCUT2D eigenvalue weighted by Crippen LogP contribution is -2.26. The number of rotatable bonds is 8. The standard InChI is InChI=1S/C34H30N2/c1-4-27-13-9-10-17-33(27)32(5-2)29-18-20-30(21-19-29)34(35-3)22-23-36-25-26-12-11-16-31(24-26)28-14-7-6-8-15-28/h4-24H,2-3,25H2,1H3/b27-4-,33-32+,34-22-,36-23-. The van der Waals surface area contributed by atoms with Crippen LogP contribution in [0, 0.1) is 0 Å². The predicted molar refractivity (Wildman–Crippen MR) is 157 cm³/mol. The number of hydrogen-bond acceptors (Lipinski definition) is 2. The van der Waals surface area contributed by atoms with Crippen LogP contribution in [0.3, 0.4) is 0 Å². The monoisotopic (exact) mass is 466 g/mol. The molecule has 0 aliphatic heterocycles. The molecule has 0 saturated heterocycles. The Balaban J connectivity index is 1.52. The van der Waals surface area contributed by atoms with Gasteiger partial charge in [0.2, 0.25) is 0 Å². The summed E-state index contributed by atoms with van der Waals surface area (Å²) in [6, 6.07) is 35.6. The van der Waals surface area contributed by atoms with Crippen LogP contribution in [0.25, 0.3) is 28.5 Å². The number of allylic oxidation sites excluding steroid dienone is 2. The number of aliphatic imine (C=N–C) groups is 2. The van der Waals surface area contributed by atoms with Gasteiger partial charge in [0.05, 0.1) is 12.2 Å². The lowest BCUT2D eigenvalue weighted by molar-refractivity contribution is 1.08. The zero-order valence-electron chi connectivity index (χ0n) is 20.6. The van der Waals surface area contributed by atoms with Gasteiger partial charge in [-0.1, -0.05) is 116 Å². The molecule has 0 aliphatic rings.